The summed E-state index contributed by atoms with van der Waals surface area (Å²) in [6.07, 6.45) is 8.42. The van der Waals surface area contributed by atoms with E-state index in [-0.39, 0.29) is 11.8 Å². The number of Topliss-reactive ketones (excluding diaryl/α,β-unsaturated/α-hetero) is 1. The lowest BCUT2D eigenvalue weighted by molar-refractivity contribution is -0.151. The van der Waals surface area contributed by atoms with Gasteiger partial charge in [-0.1, -0.05) is 46.0 Å². The molecule has 0 saturated heterocycles. The van der Waals surface area contributed by atoms with Gasteiger partial charge in [0.15, 0.2) is 11.9 Å². The van der Waals surface area contributed by atoms with E-state index in [4.69, 9.17) is 9.47 Å². The molecule has 1 aromatic carbocycles. The van der Waals surface area contributed by atoms with Crippen LogP contribution in [0.15, 0.2) is 24.3 Å². The summed E-state index contributed by atoms with van der Waals surface area (Å²) < 4.78 is 11.0. The minimum absolute atomic E-state index is 0.132. The largest absolute Gasteiger partial charge is 0.479 e. The first kappa shape index (κ1) is 22.2. The van der Waals surface area contributed by atoms with Crippen molar-refractivity contribution < 1.29 is 19.1 Å². The molecule has 1 rings (SSSR count). The Balaban J connectivity index is 2.58. The number of ketones is 1. The second kappa shape index (κ2) is 13.4. The highest BCUT2D eigenvalue weighted by atomic mass is 16.6. The molecular formula is C22H34O4. The SMILES string of the molecule is CCCCCCCCC(Oc1ccc(C(=O)CCC)cc1)C(=O)OCC. The van der Waals surface area contributed by atoms with E-state index in [9.17, 15) is 9.59 Å². The Morgan fingerprint density at radius 3 is 2.15 bits per heavy atom. The molecule has 0 amide bonds. The van der Waals surface area contributed by atoms with Crippen molar-refractivity contribution in [1.29, 1.82) is 0 Å². The Kier molecular flexibility index (Phi) is 11.4. The molecule has 1 aromatic rings. The molecule has 0 aromatic heterocycles. The number of hydrogen-bond acceptors (Lipinski definition) is 4. The molecule has 1 unspecified atom stereocenters. The van der Waals surface area contributed by atoms with Crippen LogP contribution in [0.25, 0.3) is 0 Å². The first-order chi connectivity index (χ1) is 12.6. The van der Waals surface area contributed by atoms with E-state index in [0.717, 1.165) is 19.3 Å². The molecule has 26 heavy (non-hydrogen) atoms. The third-order valence-corrected chi connectivity index (χ3v) is 4.30. The molecule has 0 bridgehead atoms. The van der Waals surface area contributed by atoms with Crippen LogP contribution < -0.4 is 4.74 Å². The molecule has 4 heteroatoms. The standard InChI is InChI=1S/C22H34O4/c1-4-7-8-9-10-11-13-21(22(24)25-6-3)26-19-16-14-18(15-17-19)20(23)12-5-2/h14-17,21H,4-13H2,1-3H3. The van der Waals surface area contributed by atoms with E-state index in [1.54, 1.807) is 31.2 Å². The van der Waals surface area contributed by atoms with Crippen LogP contribution in [0.5, 0.6) is 5.75 Å². The minimum atomic E-state index is -0.585. The summed E-state index contributed by atoms with van der Waals surface area (Å²) in [7, 11) is 0. The minimum Gasteiger partial charge on any atom is -0.479 e. The number of benzene rings is 1. The van der Waals surface area contributed by atoms with Crippen molar-refractivity contribution in [3.05, 3.63) is 29.8 Å². The maximum Gasteiger partial charge on any atom is 0.347 e. The molecule has 0 fully saturated rings. The first-order valence-corrected chi connectivity index (χ1v) is 10.1. The highest BCUT2D eigenvalue weighted by Gasteiger charge is 2.21. The molecular weight excluding hydrogens is 328 g/mol. The summed E-state index contributed by atoms with van der Waals surface area (Å²) >= 11 is 0. The van der Waals surface area contributed by atoms with Crippen LogP contribution in [0.2, 0.25) is 0 Å². The van der Waals surface area contributed by atoms with E-state index >= 15 is 0 Å². The maximum atomic E-state index is 12.2. The van der Waals surface area contributed by atoms with Gasteiger partial charge in [-0.25, -0.2) is 4.79 Å². The van der Waals surface area contributed by atoms with Crippen molar-refractivity contribution in [3.8, 4) is 5.75 Å². The summed E-state index contributed by atoms with van der Waals surface area (Å²) in [5, 5.41) is 0. The maximum absolute atomic E-state index is 12.2. The van der Waals surface area contributed by atoms with Crippen molar-refractivity contribution in [2.75, 3.05) is 6.61 Å². The zero-order valence-electron chi connectivity index (χ0n) is 16.6. The van der Waals surface area contributed by atoms with E-state index in [1.807, 2.05) is 6.92 Å². The Bertz CT molecular complexity index is 521. The fraction of sp³-hybridized carbons (Fsp3) is 0.636. The van der Waals surface area contributed by atoms with Crippen LogP contribution in [0.1, 0.15) is 88.9 Å². The number of rotatable bonds is 14. The van der Waals surface area contributed by atoms with Crippen molar-refractivity contribution in [1.82, 2.24) is 0 Å². The lowest BCUT2D eigenvalue weighted by Gasteiger charge is -2.18. The summed E-state index contributed by atoms with van der Waals surface area (Å²) in [6, 6.07) is 7.05. The lowest BCUT2D eigenvalue weighted by atomic mass is 10.1. The molecule has 4 nitrogen and oxygen atoms in total. The van der Waals surface area contributed by atoms with Crippen LogP contribution in [0.4, 0.5) is 0 Å². The number of hydrogen-bond donors (Lipinski definition) is 0. The molecule has 0 spiro atoms. The van der Waals surface area contributed by atoms with Gasteiger partial charge in [0, 0.05) is 12.0 Å². The summed E-state index contributed by atoms with van der Waals surface area (Å²) in [4.78, 5) is 24.1. The molecule has 0 aliphatic carbocycles. The van der Waals surface area contributed by atoms with E-state index in [0.29, 0.717) is 30.8 Å². The number of ether oxygens (including phenoxy) is 2. The van der Waals surface area contributed by atoms with Gasteiger partial charge in [-0.2, -0.15) is 0 Å². The lowest BCUT2D eigenvalue weighted by Crippen LogP contribution is -2.29. The quantitative estimate of drug-likeness (QED) is 0.241. The molecule has 0 N–H and O–H groups in total. The Labute approximate surface area is 158 Å². The van der Waals surface area contributed by atoms with Crippen molar-refractivity contribution in [2.24, 2.45) is 0 Å². The summed E-state index contributed by atoms with van der Waals surface area (Å²) in [6.45, 7) is 6.33. The van der Waals surface area contributed by atoms with Gasteiger partial charge in [0.1, 0.15) is 5.75 Å². The zero-order chi connectivity index (χ0) is 19.2. The van der Waals surface area contributed by atoms with Crippen LogP contribution in [0.3, 0.4) is 0 Å². The Morgan fingerprint density at radius 1 is 0.885 bits per heavy atom. The molecule has 0 aliphatic rings. The summed E-state index contributed by atoms with van der Waals surface area (Å²) in [5.74, 6) is 0.419. The van der Waals surface area contributed by atoms with Crippen molar-refractivity contribution >= 4 is 11.8 Å². The van der Waals surface area contributed by atoms with Crippen LogP contribution >= 0.6 is 0 Å². The van der Waals surface area contributed by atoms with Gasteiger partial charge in [-0.05, 0) is 50.5 Å². The van der Waals surface area contributed by atoms with Crippen molar-refractivity contribution in [3.63, 3.8) is 0 Å². The van der Waals surface area contributed by atoms with Crippen LogP contribution in [0, 0.1) is 0 Å². The predicted octanol–water partition coefficient (Wildman–Crippen LogP) is 5.73. The second-order valence-corrected chi connectivity index (χ2v) is 6.61. The normalized spacial score (nSPS) is 11.8. The summed E-state index contributed by atoms with van der Waals surface area (Å²) in [5.41, 5.74) is 0.683. The number of carbonyl (C=O) groups excluding carboxylic acids is 2. The fourth-order valence-corrected chi connectivity index (χ4v) is 2.83. The molecule has 0 heterocycles. The van der Waals surface area contributed by atoms with Gasteiger partial charge in [0.05, 0.1) is 6.61 Å². The average Bonchev–Trinajstić information content (AvgIpc) is 2.64. The van der Waals surface area contributed by atoms with Crippen molar-refractivity contribution in [2.45, 2.75) is 84.7 Å². The molecule has 0 aliphatic heterocycles. The van der Waals surface area contributed by atoms with Gasteiger partial charge >= 0.3 is 5.97 Å². The zero-order valence-corrected chi connectivity index (χ0v) is 16.6. The molecule has 0 radical (unpaired) electrons. The highest BCUT2D eigenvalue weighted by molar-refractivity contribution is 5.96. The Hall–Kier alpha value is -1.84. The monoisotopic (exact) mass is 362 g/mol. The Morgan fingerprint density at radius 2 is 1.54 bits per heavy atom. The van der Waals surface area contributed by atoms with Gasteiger partial charge in [-0.15, -0.1) is 0 Å². The predicted molar refractivity (Wildman–Crippen MR) is 105 cm³/mol. The smallest absolute Gasteiger partial charge is 0.347 e. The molecule has 146 valence electrons. The van der Waals surface area contributed by atoms with Gasteiger partial charge in [-0.3, -0.25) is 4.79 Å². The number of carbonyl (C=O) groups is 2. The van der Waals surface area contributed by atoms with E-state index in [1.165, 1.54) is 25.7 Å². The van der Waals surface area contributed by atoms with Crippen LogP contribution in [-0.2, 0) is 9.53 Å². The van der Waals surface area contributed by atoms with E-state index < -0.39 is 6.10 Å². The van der Waals surface area contributed by atoms with Gasteiger partial charge < -0.3 is 9.47 Å². The average molecular weight is 363 g/mol. The fourth-order valence-electron chi connectivity index (χ4n) is 2.83. The molecule has 0 saturated carbocycles. The number of esters is 1. The highest BCUT2D eigenvalue weighted by Crippen LogP contribution is 2.19. The third kappa shape index (κ3) is 8.50. The second-order valence-electron chi connectivity index (χ2n) is 6.61. The van der Waals surface area contributed by atoms with Gasteiger partial charge in [0.2, 0.25) is 0 Å². The molecule has 1 atom stereocenters. The van der Waals surface area contributed by atoms with Crippen LogP contribution in [-0.4, -0.2) is 24.5 Å². The topological polar surface area (TPSA) is 52.6 Å². The van der Waals surface area contributed by atoms with Gasteiger partial charge in [0.25, 0.3) is 0 Å². The number of unbranched alkanes of at least 4 members (excludes halogenated alkanes) is 5. The third-order valence-electron chi connectivity index (χ3n) is 4.30. The first-order valence-electron chi connectivity index (χ1n) is 10.1. The van der Waals surface area contributed by atoms with E-state index in [2.05, 4.69) is 6.92 Å².